The van der Waals surface area contributed by atoms with Gasteiger partial charge in [0, 0.05) is 64.4 Å². The van der Waals surface area contributed by atoms with E-state index in [1.54, 1.807) is 6.07 Å². The van der Waals surface area contributed by atoms with Crippen LogP contribution < -0.4 is 10.2 Å². The molecule has 0 aromatic heterocycles. The monoisotopic (exact) mass is 464 g/mol. The molecular formula is C23H27F3N4O3. The largest absolute Gasteiger partial charge is 0.468 e. The van der Waals surface area contributed by atoms with Gasteiger partial charge in [0.2, 0.25) is 5.91 Å². The highest BCUT2D eigenvalue weighted by molar-refractivity contribution is 5.93. The number of hydrogen-bond acceptors (Lipinski definition) is 6. The van der Waals surface area contributed by atoms with Crippen LogP contribution in [0, 0.1) is 0 Å². The second-order valence-corrected chi connectivity index (χ2v) is 8.40. The number of piperazine rings is 1. The Morgan fingerprint density at radius 2 is 1.97 bits per heavy atom. The van der Waals surface area contributed by atoms with E-state index in [1.165, 1.54) is 18.2 Å². The van der Waals surface area contributed by atoms with Crippen LogP contribution in [0.2, 0.25) is 0 Å². The maximum Gasteiger partial charge on any atom is 0.416 e. The van der Waals surface area contributed by atoms with Crippen molar-refractivity contribution in [2.45, 2.75) is 25.2 Å². The quantitative estimate of drug-likeness (QED) is 0.698. The summed E-state index contributed by atoms with van der Waals surface area (Å²) in [7, 11) is 1.90. The molecule has 0 bridgehead atoms. The van der Waals surface area contributed by atoms with Crippen LogP contribution in [-0.2, 0) is 20.5 Å². The van der Waals surface area contributed by atoms with Gasteiger partial charge in [-0.25, -0.2) is 0 Å². The van der Waals surface area contributed by atoms with E-state index in [-0.39, 0.29) is 24.5 Å². The number of nitrogens with one attached hydrogen (secondary N) is 1. The lowest BCUT2D eigenvalue weighted by Crippen LogP contribution is -2.49. The maximum atomic E-state index is 13.0. The average molecular weight is 464 g/mol. The number of likely N-dealkylation sites (N-methyl/N-ethyl adjacent to an activating group) is 1. The van der Waals surface area contributed by atoms with Crippen molar-refractivity contribution in [3.8, 4) is 0 Å². The Morgan fingerprint density at radius 3 is 2.70 bits per heavy atom. The summed E-state index contributed by atoms with van der Waals surface area (Å²) in [6, 6.07) is 5.34. The number of benzene rings is 1. The van der Waals surface area contributed by atoms with Crippen molar-refractivity contribution in [2.24, 2.45) is 0 Å². The van der Waals surface area contributed by atoms with Gasteiger partial charge in [0.05, 0.1) is 17.8 Å². The standard InChI is InChI=1S/C23H27F3N4O3/c1-28-19-6-5-18(31)14-20(19)33-22(28)7-8-27-21(32)15-29-9-11-30(12-10-29)17-4-2-3-16(13-17)23(24,25)26/h2-4,6,13-14,22H,5,7-12,15H2,1H3,(H,27,32). The van der Waals surface area contributed by atoms with Crippen LogP contribution in [0.1, 0.15) is 18.4 Å². The van der Waals surface area contributed by atoms with E-state index in [1.807, 2.05) is 27.8 Å². The summed E-state index contributed by atoms with van der Waals surface area (Å²) in [5.74, 6) is 0.502. The fourth-order valence-electron chi connectivity index (χ4n) is 4.26. The van der Waals surface area contributed by atoms with Gasteiger partial charge in [0.15, 0.2) is 12.0 Å². The van der Waals surface area contributed by atoms with Crippen LogP contribution in [0.15, 0.2) is 47.9 Å². The average Bonchev–Trinajstić information content (AvgIpc) is 3.08. The molecular weight excluding hydrogens is 437 g/mol. The van der Waals surface area contributed by atoms with Crippen LogP contribution in [0.5, 0.6) is 0 Å². The van der Waals surface area contributed by atoms with Gasteiger partial charge < -0.3 is 19.9 Å². The van der Waals surface area contributed by atoms with Crippen molar-refractivity contribution in [3.63, 3.8) is 0 Å². The summed E-state index contributed by atoms with van der Waals surface area (Å²) in [6.45, 7) is 2.97. The smallest absolute Gasteiger partial charge is 0.416 e. The number of carbonyl (C=O) groups excluding carboxylic acids is 2. The number of fused-ring (bicyclic) bond motifs is 1. The van der Waals surface area contributed by atoms with Gasteiger partial charge in [-0.3, -0.25) is 14.5 Å². The van der Waals surface area contributed by atoms with Crippen LogP contribution in [0.4, 0.5) is 18.9 Å². The lowest BCUT2D eigenvalue weighted by Gasteiger charge is -2.36. The topological polar surface area (TPSA) is 65.1 Å². The van der Waals surface area contributed by atoms with E-state index in [0.717, 1.165) is 11.8 Å². The zero-order valence-corrected chi connectivity index (χ0v) is 18.4. The lowest BCUT2D eigenvalue weighted by atomic mass is 10.1. The number of nitrogens with zero attached hydrogens (tertiary/aromatic N) is 3. The predicted molar refractivity (Wildman–Crippen MR) is 116 cm³/mol. The maximum absolute atomic E-state index is 13.0. The minimum absolute atomic E-state index is 0.0178. The normalized spacial score (nSPS) is 21.3. The zero-order valence-electron chi connectivity index (χ0n) is 18.4. The Hall–Kier alpha value is -3.01. The Balaban J connectivity index is 1.19. The molecule has 2 fully saturated rings. The molecule has 1 unspecified atom stereocenters. The van der Waals surface area contributed by atoms with Crippen LogP contribution in [-0.4, -0.2) is 74.0 Å². The minimum atomic E-state index is -4.36. The van der Waals surface area contributed by atoms with Gasteiger partial charge in [0.25, 0.3) is 0 Å². The van der Waals surface area contributed by atoms with Crippen molar-refractivity contribution in [1.29, 1.82) is 0 Å². The number of ether oxygens (including phenoxy) is 1. The van der Waals surface area contributed by atoms with E-state index in [4.69, 9.17) is 4.74 Å². The third kappa shape index (κ3) is 5.50. The van der Waals surface area contributed by atoms with Gasteiger partial charge in [-0.1, -0.05) is 6.07 Å². The first-order valence-electron chi connectivity index (χ1n) is 11.0. The van der Waals surface area contributed by atoms with E-state index in [0.29, 0.717) is 57.0 Å². The number of amides is 1. The highest BCUT2D eigenvalue weighted by Gasteiger charge is 2.33. The number of ketones is 1. The second-order valence-electron chi connectivity index (χ2n) is 8.40. The SMILES string of the molecule is CN1C2=CCC(=O)C=C2OC1CCNC(=O)CN1CCN(c2cccc(C(F)(F)F)c2)CC1. The van der Waals surface area contributed by atoms with E-state index >= 15 is 0 Å². The third-order valence-electron chi connectivity index (χ3n) is 6.11. The van der Waals surface area contributed by atoms with E-state index in [9.17, 15) is 22.8 Å². The first-order valence-corrected chi connectivity index (χ1v) is 11.0. The Bertz CT molecular complexity index is 968. The van der Waals surface area contributed by atoms with Crippen molar-refractivity contribution in [3.05, 3.63) is 53.4 Å². The number of rotatable bonds is 6. The fraction of sp³-hybridized carbons (Fsp3) is 0.478. The number of anilines is 1. The summed E-state index contributed by atoms with van der Waals surface area (Å²) < 4.78 is 44.7. The Morgan fingerprint density at radius 1 is 1.21 bits per heavy atom. The summed E-state index contributed by atoms with van der Waals surface area (Å²) in [4.78, 5) is 29.8. The van der Waals surface area contributed by atoms with Crippen LogP contribution in [0.3, 0.4) is 0 Å². The molecule has 0 radical (unpaired) electrons. The Labute approximate surface area is 190 Å². The lowest BCUT2D eigenvalue weighted by molar-refractivity contribution is -0.137. The van der Waals surface area contributed by atoms with Gasteiger partial charge in [-0.2, -0.15) is 13.2 Å². The molecule has 178 valence electrons. The van der Waals surface area contributed by atoms with Gasteiger partial charge in [0.1, 0.15) is 5.76 Å². The van der Waals surface area contributed by atoms with E-state index < -0.39 is 11.7 Å². The van der Waals surface area contributed by atoms with Crippen LogP contribution >= 0.6 is 0 Å². The van der Waals surface area contributed by atoms with Crippen LogP contribution in [0.25, 0.3) is 0 Å². The zero-order chi connectivity index (χ0) is 23.6. The Kier molecular flexibility index (Phi) is 6.64. The molecule has 3 aliphatic rings. The van der Waals surface area contributed by atoms with Crippen molar-refractivity contribution >= 4 is 17.4 Å². The summed E-state index contributed by atoms with van der Waals surface area (Å²) in [5, 5.41) is 2.90. The molecule has 4 rings (SSSR count). The third-order valence-corrected chi connectivity index (χ3v) is 6.11. The number of allylic oxidation sites excluding steroid dienone is 2. The molecule has 7 nitrogen and oxygen atoms in total. The van der Waals surface area contributed by atoms with Crippen molar-refractivity contribution in [2.75, 3.05) is 51.2 Å². The first kappa shape index (κ1) is 23.2. The molecule has 1 N–H and O–H groups in total. The molecule has 2 heterocycles. The molecule has 1 aromatic rings. The molecule has 0 saturated carbocycles. The number of alkyl halides is 3. The highest BCUT2D eigenvalue weighted by Crippen LogP contribution is 2.33. The number of halogens is 3. The molecule has 1 atom stereocenters. The van der Waals surface area contributed by atoms with E-state index in [2.05, 4.69) is 5.32 Å². The highest BCUT2D eigenvalue weighted by atomic mass is 19.4. The van der Waals surface area contributed by atoms with Crippen molar-refractivity contribution in [1.82, 2.24) is 15.1 Å². The molecule has 10 heteroatoms. The molecule has 2 aliphatic heterocycles. The molecule has 0 spiro atoms. The summed E-state index contributed by atoms with van der Waals surface area (Å²) >= 11 is 0. The molecule has 1 aromatic carbocycles. The minimum Gasteiger partial charge on any atom is -0.468 e. The van der Waals surface area contributed by atoms with Crippen molar-refractivity contribution < 1.29 is 27.5 Å². The summed E-state index contributed by atoms with van der Waals surface area (Å²) in [6.07, 6.45) is -0.272. The fourth-order valence-corrected chi connectivity index (χ4v) is 4.26. The second kappa shape index (κ2) is 9.46. The van der Waals surface area contributed by atoms with Gasteiger partial charge in [-0.05, 0) is 24.3 Å². The molecule has 2 saturated heterocycles. The predicted octanol–water partition coefficient (Wildman–Crippen LogP) is 2.36. The molecule has 1 amide bonds. The number of hydrogen-bond donors (Lipinski definition) is 1. The first-order chi connectivity index (χ1) is 15.7. The van der Waals surface area contributed by atoms with Gasteiger partial charge in [-0.15, -0.1) is 0 Å². The molecule has 1 aliphatic carbocycles. The summed E-state index contributed by atoms with van der Waals surface area (Å²) in [5.41, 5.74) is 0.795. The van der Waals surface area contributed by atoms with Gasteiger partial charge >= 0.3 is 6.18 Å². The number of carbonyl (C=O) groups is 2. The molecule has 33 heavy (non-hydrogen) atoms.